The normalized spacial score (nSPS) is 18.9. The number of aromatic nitrogens is 1. The third kappa shape index (κ3) is 3.84. The number of nitrogens with zero attached hydrogens (tertiary/aromatic N) is 2. The highest BCUT2D eigenvalue weighted by atomic mass is 32.1. The van der Waals surface area contributed by atoms with Gasteiger partial charge in [-0.3, -0.25) is 9.59 Å². The third-order valence-corrected chi connectivity index (χ3v) is 4.73. The van der Waals surface area contributed by atoms with Crippen molar-refractivity contribution in [2.24, 2.45) is 5.92 Å². The Labute approximate surface area is 133 Å². The van der Waals surface area contributed by atoms with Crippen LogP contribution in [0.15, 0.2) is 10.9 Å². The molecule has 1 aliphatic carbocycles. The van der Waals surface area contributed by atoms with Crippen LogP contribution in [-0.2, 0) is 9.53 Å². The predicted octanol–water partition coefficient (Wildman–Crippen LogP) is 1.29. The second-order valence-electron chi connectivity index (χ2n) is 5.78. The quantitative estimate of drug-likeness (QED) is 0.856. The standard InChI is InChI=1S/C15H21N3O3S/c19-14(13-9-22-10-17-13)16-5-6-18(15(20)11-1-2-11)12-3-7-21-8-4-12/h9-12H,1-8H2,(H,16,19). The number of carbonyl (C=O) groups excluding carboxylic acids is 2. The maximum atomic E-state index is 12.5. The minimum Gasteiger partial charge on any atom is -0.381 e. The summed E-state index contributed by atoms with van der Waals surface area (Å²) in [5, 5.41) is 4.57. The summed E-state index contributed by atoms with van der Waals surface area (Å²) in [6.45, 7) is 2.46. The number of nitrogens with one attached hydrogen (secondary N) is 1. The molecule has 1 saturated heterocycles. The average molecular weight is 323 g/mol. The molecule has 6 nitrogen and oxygen atoms in total. The molecule has 22 heavy (non-hydrogen) atoms. The van der Waals surface area contributed by atoms with Crippen molar-refractivity contribution >= 4 is 23.2 Å². The number of ether oxygens (including phenoxy) is 1. The molecule has 1 N–H and O–H groups in total. The first-order valence-electron chi connectivity index (χ1n) is 7.80. The van der Waals surface area contributed by atoms with E-state index in [4.69, 9.17) is 4.74 Å². The van der Waals surface area contributed by atoms with Gasteiger partial charge < -0.3 is 15.0 Å². The number of hydrogen-bond donors (Lipinski definition) is 1. The van der Waals surface area contributed by atoms with Crippen molar-refractivity contribution in [2.45, 2.75) is 31.7 Å². The highest BCUT2D eigenvalue weighted by Crippen LogP contribution is 2.32. The summed E-state index contributed by atoms with van der Waals surface area (Å²) in [7, 11) is 0. The molecule has 2 fully saturated rings. The van der Waals surface area contributed by atoms with E-state index in [9.17, 15) is 9.59 Å². The van der Waals surface area contributed by atoms with Gasteiger partial charge in [-0.05, 0) is 25.7 Å². The van der Waals surface area contributed by atoms with Gasteiger partial charge in [0.05, 0.1) is 5.51 Å². The van der Waals surface area contributed by atoms with E-state index in [0.29, 0.717) is 32.0 Å². The van der Waals surface area contributed by atoms with Gasteiger partial charge in [-0.15, -0.1) is 11.3 Å². The Balaban J connectivity index is 1.53. The van der Waals surface area contributed by atoms with Crippen LogP contribution in [0.1, 0.15) is 36.2 Å². The smallest absolute Gasteiger partial charge is 0.270 e. The van der Waals surface area contributed by atoms with Crippen LogP contribution in [0.3, 0.4) is 0 Å². The number of amides is 2. The fraction of sp³-hybridized carbons (Fsp3) is 0.667. The van der Waals surface area contributed by atoms with Crippen LogP contribution in [0, 0.1) is 5.92 Å². The molecule has 1 aromatic heterocycles. The van der Waals surface area contributed by atoms with Gasteiger partial charge in [0.15, 0.2) is 0 Å². The van der Waals surface area contributed by atoms with Gasteiger partial charge in [-0.25, -0.2) is 4.98 Å². The lowest BCUT2D eigenvalue weighted by atomic mass is 10.1. The van der Waals surface area contributed by atoms with Crippen molar-refractivity contribution in [1.29, 1.82) is 0 Å². The molecule has 1 aliphatic heterocycles. The Hall–Kier alpha value is -1.47. The lowest BCUT2D eigenvalue weighted by Crippen LogP contribution is -2.47. The largest absolute Gasteiger partial charge is 0.381 e. The molecule has 2 heterocycles. The molecule has 0 radical (unpaired) electrons. The first-order valence-corrected chi connectivity index (χ1v) is 8.74. The van der Waals surface area contributed by atoms with Gasteiger partial charge in [-0.2, -0.15) is 0 Å². The number of hydrogen-bond acceptors (Lipinski definition) is 5. The fourth-order valence-corrected chi connectivity index (χ4v) is 3.27. The van der Waals surface area contributed by atoms with Crippen LogP contribution in [-0.4, -0.2) is 54.0 Å². The third-order valence-electron chi connectivity index (χ3n) is 4.14. The zero-order chi connectivity index (χ0) is 15.4. The van der Waals surface area contributed by atoms with E-state index >= 15 is 0 Å². The monoisotopic (exact) mass is 323 g/mol. The minimum atomic E-state index is -0.174. The van der Waals surface area contributed by atoms with E-state index < -0.39 is 0 Å². The fourth-order valence-electron chi connectivity index (χ4n) is 2.74. The van der Waals surface area contributed by atoms with Gasteiger partial charge in [-0.1, -0.05) is 0 Å². The Morgan fingerprint density at radius 3 is 2.73 bits per heavy atom. The molecule has 3 rings (SSSR count). The van der Waals surface area contributed by atoms with E-state index in [2.05, 4.69) is 10.3 Å². The Morgan fingerprint density at radius 2 is 2.09 bits per heavy atom. The Morgan fingerprint density at radius 1 is 1.32 bits per heavy atom. The molecule has 0 bridgehead atoms. The molecular weight excluding hydrogens is 302 g/mol. The van der Waals surface area contributed by atoms with Crippen molar-refractivity contribution < 1.29 is 14.3 Å². The topological polar surface area (TPSA) is 71.5 Å². The van der Waals surface area contributed by atoms with Gasteiger partial charge in [0.2, 0.25) is 5.91 Å². The van der Waals surface area contributed by atoms with Gasteiger partial charge >= 0.3 is 0 Å². The summed E-state index contributed by atoms with van der Waals surface area (Å²) >= 11 is 1.40. The lowest BCUT2D eigenvalue weighted by molar-refractivity contribution is -0.136. The van der Waals surface area contributed by atoms with Crippen molar-refractivity contribution in [3.05, 3.63) is 16.6 Å². The SMILES string of the molecule is O=C(NCCN(C(=O)C1CC1)C1CCOCC1)c1cscn1. The highest BCUT2D eigenvalue weighted by molar-refractivity contribution is 7.07. The van der Waals surface area contributed by atoms with Gasteiger partial charge in [0.25, 0.3) is 5.91 Å². The van der Waals surface area contributed by atoms with Crippen LogP contribution in [0.25, 0.3) is 0 Å². The minimum absolute atomic E-state index is 0.174. The summed E-state index contributed by atoms with van der Waals surface area (Å²) in [4.78, 5) is 30.3. The molecule has 0 atom stereocenters. The molecule has 2 amide bonds. The van der Waals surface area contributed by atoms with Gasteiger partial charge in [0, 0.05) is 43.6 Å². The average Bonchev–Trinajstić information content (AvgIpc) is 3.26. The first kappa shape index (κ1) is 15.4. The predicted molar refractivity (Wildman–Crippen MR) is 82.7 cm³/mol. The van der Waals surface area contributed by atoms with Crippen molar-refractivity contribution in [2.75, 3.05) is 26.3 Å². The molecule has 2 aliphatic rings. The summed E-state index contributed by atoms with van der Waals surface area (Å²) in [5.74, 6) is 0.277. The summed E-state index contributed by atoms with van der Waals surface area (Å²) in [6, 6.07) is 0.248. The molecule has 0 aromatic carbocycles. The van der Waals surface area contributed by atoms with Crippen molar-refractivity contribution in [3.63, 3.8) is 0 Å². The summed E-state index contributed by atoms with van der Waals surface area (Å²) in [5.41, 5.74) is 2.08. The van der Waals surface area contributed by atoms with Crippen LogP contribution in [0.4, 0.5) is 0 Å². The molecule has 7 heteroatoms. The van der Waals surface area contributed by atoms with Crippen LogP contribution in [0.5, 0.6) is 0 Å². The van der Waals surface area contributed by atoms with Crippen LogP contribution < -0.4 is 5.32 Å². The van der Waals surface area contributed by atoms with Crippen molar-refractivity contribution in [1.82, 2.24) is 15.2 Å². The second-order valence-corrected chi connectivity index (χ2v) is 6.50. The summed E-state index contributed by atoms with van der Waals surface area (Å²) < 4.78 is 5.38. The Kier molecular flexibility index (Phi) is 5.04. The van der Waals surface area contributed by atoms with E-state index in [-0.39, 0.29) is 23.8 Å². The maximum Gasteiger partial charge on any atom is 0.270 e. The molecule has 0 spiro atoms. The van der Waals surface area contributed by atoms with Crippen LogP contribution in [0.2, 0.25) is 0 Å². The molecule has 1 saturated carbocycles. The highest BCUT2D eigenvalue weighted by Gasteiger charge is 2.36. The van der Waals surface area contributed by atoms with E-state index in [1.807, 2.05) is 4.90 Å². The van der Waals surface area contributed by atoms with E-state index in [1.165, 1.54) is 11.3 Å². The maximum absolute atomic E-state index is 12.5. The molecule has 0 unspecified atom stereocenters. The lowest BCUT2D eigenvalue weighted by Gasteiger charge is -2.34. The van der Waals surface area contributed by atoms with E-state index in [1.54, 1.807) is 10.9 Å². The van der Waals surface area contributed by atoms with E-state index in [0.717, 1.165) is 25.7 Å². The second kappa shape index (κ2) is 7.19. The number of carbonyl (C=O) groups is 2. The summed E-state index contributed by atoms with van der Waals surface area (Å²) in [6.07, 6.45) is 3.78. The Bertz CT molecular complexity index is 510. The first-order chi connectivity index (χ1) is 10.8. The molecule has 1 aromatic rings. The number of rotatable bonds is 6. The molecular formula is C15H21N3O3S. The molecule has 120 valence electrons. The zero-order valence-corrected chi connectivity index (χ0v) is 13.3. The number of thiazole rings is 1. The van der Waals surface area contributed by atoms with Crippen LogP contribution >= 0.6 is 11.3 Å². The van der Waals surface area contributed by atoms with Gasteiger partial charge in [0.1, 0.15) is 5.69 Å². The van der Waals surface area contributed by atoms with Crippen molar-refractivity contribution in [3.8, 4) is 0 Å². The zero-order valence-electron chi connectivity index (χ0n) is 12.5.